The molecule has 0 spiro atoms. The lowest BCUT2D eigenvalue weighted by Gasteiger charge is -2.12. The molecule has 3 aromatic rings. The van der Waals surface area contributed by atoms with Gasteiger partial charge >= 0.3 is 0 Å². The lowest BCUT2D eigenvalue weighted by Crippen LogP contribution is -2.14. The fourth-order valence-corrected chi connectivity index (χ4v) is 3.84. The van der Waals surface area contributed by atoms with E-state index in [1.807, 2.05) is 50.2 Å². The van der Waals surface area contributed by atoms with Gasteiger partial charge in [0.2, 0.25) is 0 Å². The molecule has 0 aliphatic carbocycles. The molecule has 0 aliphatic rings. The van der Waals surface area contributed by atoms with Crippen LogP contribution in [0.25, 0.3) is 11.4 Å². The van der Waals surface area contributed by atoms with Gasteiger partial charge in [0.15, 0.2) is 16.8 Å². The van der Waals surface area contributed by atoms with Crippen LogP contribution in [0.15, 0.2) is 53.7 Å². The topological polar surface area (TPSA) is 47.8 Å². The van der Waals surface area contributed by atoms with Crippen LogP contribution in [0.5, 0.6) is 0 Å². The number of carbonyl (C=O) groups excluding carboxylic acids is 1. The average Bonchev–Trinajstić information content (AvgIpc) is 3.04. The SMILES string of the molecule is CCn1c(S[C@H](C)C(=O)c2ccc(C)cc2)nnc1-c1ccccc1C. The number of hydrogen-bond donors (Lipinski definition) is 0. The second kappa shape index (κ2) is 7.87. The first-order valence-electron chi connectivity index (χ1n) is 8.78. The molecule has 0 saturated carbocycles. The molecule has 1 heterocycles. The molecule has 5 heteroatoms. The molecule has 1 aromatic heterocycles. The Labute approximate surface area is 158 Å². The van der Waals surface area contributed by atoms with Crippen LogP contribution in [0, 0.1) is 13.8 Å². The van der Waals surface area contributed by atoms with Crippen LogP contribution in [-0.4, -0.2) is 25.8 Å². The van der Waals surface area contributed by atoms with Crippen LogP contribution in [0.3, 0.4) is 0 Å². The van der Waals surface area contributed by atoms with Gasteiger partial charge in [0.1, 0.15) is 0 Å². The molecular formula is C21H23N3OS. The molecule has 0 radical (unpaired) electrons. The quantitative estimate of drug-likeness (QED) is 0.458. The predicted molar refractivity (Wildman–Crippen MR) is 107 cm³/mol. The minimum atomic E-state index is -0.225. The molecular weight excluding hydrogens is 342 g/mol. The number of ketones is 1. The maximum Gasteiger partial charge on any atom is 0.192 e. The van der Waals surface area contributed by atoms with Crippen molar-refractivity contribution in [3.05, 3.63) is 65.2 Å². The van der Waals surface area contributed by atoms with Gasteiger partial charge in [0.25, 0.3) is 0 Å². The highest BCUT2D eigenvalue weighted by Gasteiger charge is 2.21. The number of hydrogen-bond acceptors (Lipinski definition) is 4. The molecule has 0 bridgehead atoms. The lowest BCUT2D eigenvalue weighted by molar-refractivity contribution is 0.0994. The van der Waals surface area contributed by atoms with Gasteiger partial charge in [0.05, 0.1) is 5.25 Å². The van der Waals surface area contributed by atoms with Crippen LogP contribution in [-0.2, 0) is 6.54 Å². The summed E-state index contributed by atoms with van der Waals surface area (Å²) in [5.41, 5.74) is 4.12. The largest absolute Gasteiger partial charge is 0.302 e. The number of thioether (sulfide) groups is 1. The van der Waals surface area contributed by atoms with Gasteiger partial charge in [-0.05, 0) is 33.3 Å². The molecule has 26 heavy (non-hydrogen) atoms. The fourth-order valence-electron chi connectivity index (χ4n) is 2.85. The van der Waals surface area contributed by atoms with Crippen molar-refractivity contribution in [2.24, 2.45) is 0 Å². The van der Waals surface area contributed by atoms with Crippen molar-refractivity contribution in [1.29, 1.82) is 0 Å². The Balaban J connectivity index is 1.85. The summed E-state index contributed by atoms with van der Waals surface area (Å²) in [6.07, 6.45) is 0. The number of benzene rings is 2. The number of aryl methyl sites for hydroxylation is 2. The van der Waals surface area contributed by atoms with Gasteiger partial charge < -0.3 is 4.57 Å². The van der Waals surface area contributed by atoms with Crippen molar-refractivity contribution >= 4 is 17.5 Å². The van der Waals surface area contributed by atoms with Gasteiger partial charge in [-0.25, -0.2) is 0 Å². The third kappa shape index (κ3) is 3.73. The summed E-state index contributed by atoms with van der Waals surface area (Å²) in [7, 11) is 0. The first-order valence-corrected chi connectivity index (χ1v) is 9.66. The van der Waals surface area contributed by atoms with E-state index < -0.39 is 0 Å². The molecule has 0 unspecified atom stereocenters. The Bertz CT molecular complexity index is 915. The lowest BCUT2D eigenvalue weighted by atomic mass is 10.1. The van der Waals surface area contributed by atoms with E-state index >= 15 is 0 Å². The second-order valence-corrected chi connectivity index (χ2v) is 7.66. The first kappa shape index (κ1) is 18.4. The van der Waals surface area contributed by atoms with E-state index in [9.17, 15) is 4.79 Å². The minimum absolute atomic E-state index is 0.109. The van der Waals surface area contributed by atoms with Crippen LogP contribution < -0.4 is 0 Å². The van der Waals surface area contributed by atoms with Crippen molar-refractivity contribution in [3.63, 3.8) is 0 Å². The van der Waals surface area contributed by atoms with E-state index in [2.05, 4.69) is 40.7 Å². The summed E-state index contributed by atoms with van der Waals surface area (Å²) in [4.78, 5) is 12.7. The molecule has 0 fully saturated rings. The number of Topliss-reactive ketones (excluding diaryl/α,β-unsaturated/α-hetero) is 1. The summed E-state index contributed by atoms with van der Waals surface area (Å²) >= 11 is 1.46. The molecule has 134 valence electrons. The molecule has 4 nitrogen and oxygen atoms in total. The summed E-state index contributed by atoms with van der Waals surface area (Å²) in [6, 6.07) is 15.9. The van der Waals surface area contributed by atoms with E-state index in [0.29, 0.717) is 0 Å². The normalized spacial score (nSPS) is 12.2. The van der Waals surface area contributed by atoms with E-state index in [-0.39, 0.29) is 11.0 Å². The zero-order chi connectivity index (χ0) is 18.7. The number of nitrogens with zero attached hydrogens (tertiary/aromatic N) is 3. The Morgan fingerprint density at radius 2 is 1.77 bits per heavy atom. The van der Waals surface area contributed by atoms with E-state index in [4.69, 9.17) is 0 Å². The van der Waals surface area contributed by atoms with Crippen LogP contribution >= 0.6 is 11.8 Å². The maximum atomic E-state index is 12.7. The Morgan fingerprint density at radius 3 is 2.42 bits per heavy atom. The second-order valence-electron chi connectivity index (χ2n) is 6.36. The van der Waals surface area contributed by atoms with Crippen molar-refractivity contribution in [2.45, 2.75) is 44.6 Å². The average molecular weight is 366 g/mol. The van der Waals surface area contributed by atoms with E-state index in [0.717, 1.165) is 39.8 Å². The minimum Gasteiger partial charge on any atom is -0.302 e. The van der Waals surface area contributed by atoms with Gasteiger partial charge in [-0.1, -0.05) is 65.9 Å². The monoisotopic (exact) mass is 365 g/mol. The zero-order valence-electron chi connectivity index (χ0n) is 15.6. The van der Waals surface area contributed by atoms with Crippen molar-refractivity contribution in [3.8, 4) is 11.4 Å². The maximum absolute atomic E-state index is 12.7. The number of rotatable bonds is 6. The number of aromatic nitrogens is 3. The highest BCUT2D eigenvalue weighted by Crippen LogP contribution is 2.29. The van der Waals surface area contributed by atoms with Crippen LogP contribution in [0.4, 0.5) is 0 Å². The number of carbonyl (C=O) groups is 1. The standard InChI is InChI=1S/C21H23N3OS/c1-5-24-20(18-9-7-6-8-15(18)3)22-23-21(24)26-16(4)19(25)17-12-10-14(2)11-13-17/h6-13,16H,5H2,1-4H3/t16-/m1/s1. The van der Waals surface area contributed by atoms with Crippen molar-refractivity contribution in [2.75, 3.05) is 0 Å². The molecule has 0 aliphatic heterocycles. The molecule has 2 aromatic carbocycles. The third-order valence-electron chi connectivity index (χ3n) is 4.41. The van der Waals surface area contributed by atoms with Gasteiger partial charge in [-0.15, -0.1) is 10.2 Å². The molecule has 0 amide bonds. The predicted octanol–water partition coefficient (Wildman–Crippen LogP) is 4.95. The molecule has 1 atom stereocenters. The Morgan fingerprint density at radius 1 is 1.08 bits per heavy atom. The summed E-state index contributed by atoms with van der Waals surface area (Å²) in [5, 5.41) is 9.31. The highest BCUT2D eigenvalue weighted by atomic mass is 32.2. The highest BCUT2D eigenvalue weighted by molar-refractivity contribution is 8.00. The third-order valence-corrected chi connectivity index (χ3v) is 5.49. The fraction of sp³-hybridized carbons (Fsp3) is 0.286. The summed E-state index contributed by atoms with van der Waals surface area (Å²) < 4.78 is 2.08. The molecule has 0 N–H and O–H groups in total. The Hall–Kier alpha value is -2.40. The van der Waals surface area contributed by atoms with Crippen molar-refractivity contribution in [1.82, 2.24) is 14.8 Å². The van der Waals surface area contributed by atoms with E-state index in [1.54, 1.807) is 0 Å². The zero-order valence-corrected chi connectivity index (χ0v) is 16.4. The van der Waals surface area contributed by atoms with Gasteiger partial charge in [-0.2, -0.15) is 0 Å². The van der Waals surface area contributed by atoms with E-state index in [1.165, 1.54) is 11.8 Å². The van der Waals surface area contributed by atoms with Crippen LogP contribution in [0.2, 0.25) is 0 Å². The van der Waals surface area contributed by atoms with Crippen molar-refractivity contribution < 1.29 is 4.79 Å². The first-order chi connectivity index (χ1) is 12.5. The van der Waals surface area contributed by atoms with Gasteiger partial charge in [0, 0.05) is 17.7 Å². The summed E-state index contributed by atoms with van der Waals surface area (Å²) in [5.74, 6) is 0.959. The molecule has 3 rings (SSSR count). The van der Waals surface area contributed by atoms with Crippen LogP contribution in [0.1, 0.15) is 35.3 Å². The Kier molecular flexibility index (Phi) is 5.57. The summed E-state index contributed by atoms with van der Waals surface area (Å²) in [6.45, 7) is 8.84. The smallest absolute Gasteiger partial charge is 0.192 e. The molecule has 0 saturated heterocycles. The van der Waals surface area contributed by atoms with Gasteiger partial charge in [-0.3, -0.25) is 4.79 Å².